The molecule has 0 amide bonds. The van der Waals surface area contributed by atoms with Crippen LogP contribution in [0.2, 0.25) is 0 Å². The lowest BCUT2D eigenvalue weighted by molar-refractivity contribution is -0.123. The Morgan fingerprint density at radius 1 is 0.882 bits per heavy atom. The second-order valence-corrected chi connectivity index (χ2v) is 6.61. The Morgan fingerprint density at radius 3 is 1.85 bits per heavy atom. The molecule has 0 saturated heterocycles. The SMILES string of the molecule is CC(O)CO.CCOC(C)OCC.O=Cc1ccc(O)c(O)c1.O=Cc1ccc2c(c1)OCO2. The van der Waals surface area contributed by atoms with Gasteiger partial charge in [0.15, 0.2) is 29.3 Å². The second kappa shape index (κ2) is 18.3. The summed E-state index contributed by atoms with van der Waals surface area (Å²) in [7, 11) is 0. The van der Waals surface area contributed by atoms with Gasteiger partial charge in [-0.25, -0.2) is 0 Å². The number of carbonyl (C=O) groups excluding carboxylic acids is 2. The first-order valence-electron chi connectivity index (χ1n) is 10.6. The summed E-state index contributed by atoms with van der Waals surface area (Å²) in [5.74, 6) is 0.861. The van der Waals surface area contributed by atoms with E-state index in [0.29, 0.717) is 28.9 Å². The van der Waals surface area contributed by atoms with Crippen molar-refractivity contribution in [3.8, 4) is 23.0 Å². The van der Waals surface area contributed by atoms with E-state index in [2.05, 4.69) is 0 Å². The molecule has 0 fully saturated rings. The van der Waals surface area contributed by atoms with Gasteiger partial charge in [0.2, 0.25) is 6.79 Å². The number of fused-ring (bicyclic) bond motifs is 1. The van der Waals surface area contributed by atoms with Crippen LogP contribution < -0.4 is 9.47 Å². The summed E-state index contributed by atoms with van der Waals surface area (Å²) >= 11 is 0. The smallest absolute Gasteiger partial charge is 0.231 e. The van der Waals surface area contributed by atoms with E-state index in [0.717, 1.165) is 19.5 Å². The molecule has 0 saturated carbocycles. The van der Waals surface area contributed by atoms with Gasteiger partial charge in [0.1, 0.15) is 12.6 Å². The highest BCUT2D eigenvalue weighted by Gasteiger charge is 2.12. The molecule has 1 atom stereocenters. The summed E-state index contributed by atoms with van der Waals surface area (Å²) < 4.78 is 20.2. The highest BCUT2D eigenvalue weighted by Crippen LogP contribution is 2.31. The molecule has 0 aliphatic carbocycles. The fourth-order valence-electron chi connectivity index (χ4n) is 2.12. The Hall–Kier alpha value is -3.18. The van der Waals surface area contributed by atoms with E-state index in [1.807, 2.05) is 20.8 Å². The molecule has 0 aromatic heterocycles. The highest BCUT2D eigenvalue weighted by molar-refractivity contribution is 5.76. The standard InChI is InChI=1S/C8H6O3.C7H6O3.C6H14O2.C3H8O2/c9-4-6-1-2-7-8(3-6)11-5-10-7;8-4-5-1-2-6(9)7(10)3-5;1-4-7-6(3)8-5-2;1-3(5)2-4/h1-4H,5H2;1-4,9-10H;6H,4-5H2,1-3H3;3-5H,2H2,1H3. The van der Waals surface area contributed by atoms with E-state index in [1.165, 1.54) is 25.1 Å². The third kappa shape index (κ3) is 13.4. The van der Waals surface area contributed by atoms with Crippen molar-refractivity contribution in [3.63, 3.8) is 0 Å². The van der Waals surface area contributed by atoms with Crippen LogP contribution >= 0.6 is 0 Å². The zero-order valence-corrected chi connectivity index (χ0v) is 19.8. The average molecular weight is 483 g/mol. The normalized spacial score (nSPS) is 11.6. The number of hydrogen-bond acceptors (Lipinski definition) is 10. The number of aliphatic hydroxyl groups is 2. The molecule has 3 rings (SSSR count). The van der Waals surface area contributed by atoms with Crippen LogP contribution in [0.1, 0.15) is 48.4 Å². The molecular formula is C24H34O10. The molecule has 2 aromatic carbocycles. The maximum absolute atomic E-state index is 10.3. The third-order valence-corrected chi connectivity index (χ3v) is 3.74. The van der Waals surface area contributed by atoms with Gasteiger partial charge in [-0.2, -0.15) is 0 Å². The number of aromatic hydroxyl groups is 2. The molecule has 1 heterocycles. The monoisotopic (exact) mass is 482 g/mol. The van der Waals surface area contributed by atoms with Gasteiger partial charge in [0, 0.05) is 24.3 Å². The zero-order valence-electron chi connectivity index (χ0n) is 19.8. The van der Waals surface area contributed by atoms with E-state index in [1.54, 1.807) is 18.2 Å². The maximum Gasteiger partial charge on any atom is 0.231 e. The summed E-state index contributed by atoms with van der Waals surface area (Å²) in [6, 6.07) is 8.96. The van der Waals surface area contributed by atoms with Crippen molar-refractivity contribution in [2.24, 2.45) is 0 Å². The Balaban J connectivity index is 0.000000444. The number of hydrogen-bond donors (Lipinski definition) is 4. The van der Waals surface area contributed by atoms with E-state index in [9.17, 15) is 9.59 Å². The first-order valence-corrected chi connectivity index (χ1v) is 10.6. The predicted octanol–water partition coefficient (Wildman–Crippen LogP) is 2.90. The zero-order chi connectivity index (χ0) is 25.9. The maximum atomic E-state index is 10.3. The minimum atomic E-state index is -0.560. The summed E-state index contributed by atoms with van der Waals surface area (Å²) in [5, 5.41) is 33.6. The molecule has 1 aliphatic heterocycles. The third-order valence-electron chi connectivity index (χ3n) is 3.74. The number of carbonyl (C=O) groups is 2. The van der Waals surface area contributed by atoms with Crippen molar-refractivity contribution in [2.45, 2.75) is 40.1 Å². The molecule has 1 unspecified atom stereocenters. The number of aliphatic hydroxyl groups excluding tert-OH is 2. The van der Waals surface area contributed by atoms with Crippen molar-refractivity contribution in [1.29, 1.82) is 0 Å². The van der Waals surface area contributed by atoms with Crippen molar-refractivity contribution in [1.82, 2.24) is 0 Å². The topological polar surface area (TPSA) is 152 Å². The molecule has 0 radical (unpaired) electrons. The van der Waals surface area contributed by atoms with Crippen LogP contribution in [0, 0.1) is 0 Å². The molecule has 4 N–H and O–H groups in total. The van der Waals surface area contributed by atoms with Gasteiger partial charge >= 0.3 is 0 Å². The lowest BCUT2D eigenvalue weighted by Gasteiger charge is -2.09. The number of rotatable bonds is 7. The predicted molar refractivity (Wildman–Crippen MR) is 125 cm³/mol. The molecule has 0 bridgehead atoms. The van der Waals surface area contributed by atoms with Crippen LogP contribution in [0.5, 0.6) is 23.0 Å². The molecule has 0 spiro atoms. The fraction of sp³-hybridized carbons (Fsp3) is 0.417. The molecule has 10 nitrogen and oxygen atoms in total. The van der Waals surface area contributed by atoms with Gasteiger partial charge < -0.3 is 39.4 Å². The van der Waals surface area contributed by atoms with Gasteiger partial charge in [-0.05, 0) is 64.1 Å². The van der Waals surface area contributed by atoms with Gasteiger partial charge in [-0.1, -0.05) is 0 Å². The molecule has 1 aliphatic rings. The first-order chi connectivity index (χ1) is 16.2. The molecule has 2 aromatic rings. The van der Waals surface area contributed by atoms with E-state index >= 15 is 0 Å². The number of benzene rings is 2. The van der Waals surface area contributed by atoms with Crippen molar-refractivity contribution >= 4 is 12.6 Å². The molecule has 10 heteroatoms. The van der Waals surface area contributed by atoms with E-state index in [4.69, 9.17) is 39.4 Å². The van der Waals surface area contributed by atoms with Crippen LogP contribution in [0.3, 0.4) is 0 Å². The minimum absolute atomic E-state index is 0.0370. The Kier molecular flexibility index (Phi) is 16.6. The Morgan fingerprint density at radius 2 is 1.38 bits per heavy atom. The number of aldehydes is 2. The number of ether oxygens (including phenoxy) is 4. The lowest BCUT2D eigenvalue weighted by atomic mass is 10.2. The van der Waals surface area contributed by atoms with Crippen molar-refractivity contribution in [3.05, 3.63) is 47.5 Å². The average Bonchev–Trinajstić information content (AvgIpc) is 3.30. The number of phenolic OH excluding ortho intramolecular Hbond substituents is 2. The van der Waals surface area contributed by atoms with Gasteiger partial charge in [-0.15, -0.1) is 0 Å². The van der Waals surface area contributed by atoms with Gasteiger partial charge in [0.05, 0.1) is 12.7 Å². The van der Waals surface area contributed by atoms with Gasteiger partial charge in [-0.3, -0.25) is 9.59 Å². The van der Waals surface area contributed by atoms with Crippen molar-refractivity contribution in [2.75, 3.05) is 26.6 Å². The summed E-state index contributed by atoms with van der Waals surface area (Å²) in [6.07, 6.45) is 0.779. The molecule has 34 heavy (non-hydrogen) atoms. The molecule has 190 valence electrons. The van der Waals surface area contributed by atoms with E-state index < -0.39 is 6.10 Å². The lowest BCUT2D eigenvalue weighted by Crippen LogP contribution is -2.11. The van der Waals surface area contributed by atoms with Crippen LogP contribution in [-0.2, 0) is 9.47 Å². The Labute approximate surface area is 199 Å². The van der Waals surface area contributed by atoms with E-state index in [-0.39, 0.29) is 31.2 Å². The fourth-order valence-corrected chi connectivity index (χ4v) is 2.12. The van der Waals surface area contributed by atoms with Crippen LogP contribution in [0.25, 0.3) is 0 Å². The Bertz CT molecular complexity index is 832. The quantitative estimate of drug-likeness (QED) is 0.263. The largest absolute Gasteiger partial charge is 0.504 e. The van der Waals surface area contributed by atoms with Crippen molar-refractivity contribution < 1.29 is 49.0 Å². The van der Waals surface area contributed by atoms with Crippen LogP contribution in [0.15, 0.2) is 36.4 Å². The number of phenols is 2. The van der Waals surface area contributed by atoms with Gasteiger partial charge in [0.25, 0.3) is 0 Å². The summed E-state index contributed by atoms with van der Waals surface area (Å²) in [5.41, 5.74) is 0.949. The minimum Gasteiger partial charge on any atom is -0.504 e. The van der Waals surface area contributed by atoms with Crippen LogP contribution in [-0.4, -0.2) is 72.0 Å². The highest BCUT2D eigenvalue weighted by atomic mass is 16.7. The second-order valence-electron chi connectivity index (χ2n) is 6.61. The summed E-state index contributed by atoms with van der Waals surface area (Å²) in [6.45, 7) is 8.89. The summed E-state index contributed by atoms with van der Waals surface area (Å²) in [4.78, 5) is 20.4. The first kappa shape index (κ1) is 30.8. The van der Waals surface area contributed by atoms with Crippen LogP contribution in [0.4, 0.5) is 0 Å². The molecular weight excluding hydrogens is 448 g/mol.